The maximum Gasteiger partial charge on any atom is 0.269 e. The standard InChI is InChI=1S/C22H20N2O4/c1-16(18-9-5-11-20(13-18)24(26)27)23-22(25)19-10-6-12-21(14-19)28-15-17-7-3-2-4-8-17/h2-14,16H,15H2,1H3,(H,23,25)/t16-/m0/s1. The molecule has 0 fully saturated rings. The number of nitrogens with zero attached hydrogens (tertiary/aromatic N) is 1. The van der Waals surface area contributed by atoms with Crippen molar-refractivity contribution in [1.82, 2.24) is 5.32 Å². The molecule has 0 radical (unpaired) electrons. The van der Waals surface area contributed by atoms with Crippen LogP contribution >= 0.6 is 0 Å². The molecule has 28 heavy (non-hydrogen) atoms. The fourth-order valence-electron chi connectivity index (χ4n) is 2.74. The van der Waals surface area contributed by atoms with E-state index < -0.39 is 4.92 Å². The van der Waals surface area contributed by atoms with Gasteiger partial charge < -0.3 is 10.1 Å². The van der Waals surface area contributed by atoms with Crippen molar-refractivity contribution in [3.8, 4) is 5.75 Å². The summed E-state index contributed by atoms with van der Waals surface area (Å²) in [5.41, 5.74) is 2.16. The van der Waals surface area contributed by atoms with E-state index in [2.05, 4.69) is 5.32 Å². The van der Waals surface area contributed by atoms with Crippen LogP contribution in [0, 0.1) is 10.1 Å². The lowest BCUT2D eigenvalue weighted by molar-refractivity contribution is -0.384. The van der Waals surface area contributed by atoms with Crippen LogP contribution in [0.2, 0.25) is 0 Å². The van der Waals surface area contributed by atoms with Gasteiger partial charge in [-0.15, -0.1) is 0 Å². The van der Waals surface area contributed by atoms with Gasteiger partial charge in [0.1, 0.15) is 12.4 Å². The Hall–Kier alpha value is -3.67. The van der Waals surface area contributed by atoms with Crippen molar-refractivity contribution in [3.05, 3.63) is 106 Å². The van der Waals surface area contributed by atoms with Crippen LogP contribution in [0.5, 0.6) is 5.75 Å². The van der Waals surface area contributed by atoms with Crippen molar-refractivity contribution in [2.45, 2.75) is 19.6 Å². The number of non-ortho nitro benzene ring substituents is 1. The summed E-state index contributed by atoms with van der Waals surface area (Å²) in [6, 6.07) is 22.6. The summed E-state index contributed by atoms with van der Waals surface area (Å²) in [5, 5.41) is 13.8. The highest BCUT2D eigenvalue weighted by atomic mass is 16.6. The van der Waals surface area contributed by atoms with Gasteiger partial charge in [-0.25, -0.2) is 0 Å². The number of amides is 1. The molecule has 0 aliphatic carbocycles. The molecule has 142 valence electrons. The number of nitrogens with one attached hydrogen (secondary N) is 1. The maximum atomic E-state index is 12.6. The number of benzene rings is 3. The van der Waals surface area contributed by atoms with Gasteiger partial charge in [0.05, 0.1) is 11.0 Å². The molecular weight excluding hydrogens is 356 g/mol. The molecule has 6 nitrogen and oxygen atoms in total. The Morgan fingerprint density at radius 2 is 1.79 bits per heavy atom. The zero-order valence-corrected chi connectivity index (χ0v) is 15.4. The summed E-state index contributed by atoms with van der Waals surface area (Å²) in [6.45, 7) is 2.20. The second kappa shape index (κ2) is 8.81. The molecule has 0 aromatic heterocycles. The number of hydrogen-bond donors (Lipinski definition) is 1. The summed E-state index contributed by atoms with van der Waals surface area (Å²) in [5.74, 6) is 0.323. The van der Waals surface area contributed by atoms with Crippen molar-refractivity contribution in [2.24, 2.45) is 0 Å². The minimum atomic E-state index is -0.453. The summed E-state index contributed by atoms with van der Waals surface area (Å²) in [6.07, 6.45) is 0. The average Bonchev–Trinajstić information content (AvgIpc) is 2.73. The SMILES string of the molecule is C[C@H](NC(=O)c1cccc(OCc2ccccc2)c1)c1cccc([N+](=O)[O-])c1. The molecule has 0 aliphatic heterocycles. The normalized spacial score (nSPS) is 11.5. The second-order valence-corrected chi connectivity index (χ2v) is 6.35. The Kier molecular flexibility index (Phi) is 6.01. The van der Waals surface area contributed by atoms with E-state index in [0.717, 1.165) is 5.56 Å². The van der Waals surface area contributed by atoms with E-state index in [1.807, 2.05) is 30.3 Å². The van der Waals surface area contributed by atoms with Gasteiger partial charge >= 0.3 is 0 Å². The van der Waals surface area contributed by atoms with Crippen LogP contribution in [-0.2, 0) is 6.61 Å². The monoisotopic (exact) mass is 376 g/mol. The van der Waals surface area contributed by atoms with Crippen molar-refractivity contribution in [2.75, 3.05) is 0 Å². The number of carbonyl (C=O) groups excluding carboxylic acids is 1. The average molecular weight is 376 g/mol. The van der Waals surface area contributed by atoms with Gasteiger partial charge in [0.15, 0.2) is 0 Å². The molecule has 0 unspecified atom stereocenters. The van der Waals surface area contributed by atoms with Gasteiger partial charge in [-0.3, -0.25) is 14.9 Å². The first-order chi connectivity index (χ1) is 13.5. The summed E-state index contributed by atoms with van der Waals surface area (Å²) >= 11 is 0. The minimum absolute atomic E-state index is 0.00471. The first-order valence-corrected chi connectivity index (χ1v) is 8.85. The highest BCUT2D eigenvalue weighted by molar-refractivity contribution is 5.94. The first-order valence-electron chi connectivity index (χ1n) is 8.85. The van der Waals surface area contributed by atoms with Crippen molar-refractivity contribution < 1.29 is 14.5 Å². The summed E-state index contributed by atoms with van der Waals surface area (Å²) in [4.78, 5) is 23.0. The third-order valence-electron chi connectivity index (χ3n) is 4.27. The van der Waals surface area contributed by atoms with Crippen LogP contribution in [0.25, 0.3) is 0 Å². The van der Waals surface area contributed by atoms with Crippen LogP contribution in [-0.4, -0.2) is 10.8 Å². The molecule has 1 N–H and O–H groups in total. The van der Waals surface area contributed by atoms with Crippen molar-refractivity contribution >= 4 is 11.6 Å². The molecule has 3 aromatic carbocycles. The molecule has 0 aliphatic rings. The highest BCUT2D eigenvalue weighted by Crippen LogP contribution is 2.20. The fraction of sp³-hybridized carbons (Fsp3) is 0.136. The third-order valence-corrected chi connectivity index (χ3v) is 4.27. The molecular formula is C22H20N2O4. The minimum Gasteiger partial charge on any atom is -0.489 e. The molecule has 6 heteroatoms. The molecule has 0 spiro atoms. The fourth-order valence-corrected chi connectivity index (χ4v) is 2.74. The van der Waals surface area contributed by atoms with Gasteiger partial charge in [-0.05, 0) is 36.2 Å². The van der Waals surface area contributed by atoms with Crippen LogP contribution in [0.4, 0.5) is 5.69 Å². The van der Waals surface area contributed by atoms with Crippen molar-refractivity contribution in [1.29, 1.82) is 0 Å². The zero-order valence-electron chi connectivity index (χ0n) is 15.4. The van der Waals surface area contributed by atoms with E-state index in [9.17, 15) is 14.9 Å². The highest BCUT2D eigenvalue weighted by Gasteiger charge is 2.15. The van der Waals surface area contributed by atoms with Crippen LogP contribution in [0.15, 0.2) is 78.9 Å². The lowest BCUT2D eigenvalue weighted by atomic mass is 10.1. The lowest BCUT2D eigenvalue weighted by Crippen LogP contribution is -2.26. The number of hydrogen-bond acceptors (Lipinski definition) is 4. The molecule has 0 saturated heterocycles. The van der Waals surface area contributed by atoms with E-state index in [4.69, 9.17) is 4.74 Å². The van der Waals surface area contributed by atoms with E-state index >= 15 is 0 Å². The van der Waals surface area contributed by atoms with E-state index in [1.54, 1.807) is 43.3 Å². The molecule has 1 amide bonds. The van der Waals surface area contributed by atoms with Crippen molar-refractivity contribution in [3.63, 3.8) is 0 Å². The number of ether oxygens (including phenoxy) is 1. The summed E-state index contributed by atoms with van der Waals surface area (Å²) in [7, 11) is 0. The Labute approximate surface area is 162 Å². The zero-order chi connectivity index (χ0) is 19.9. The van der Waals surface area contributed by atoms with E-state index in [-0.39, 0.29) is 17.6 Å². The number of carbonyl (C=O) groups is 1. The number of rotatable bonds is 7. The molecule has 3 aromatic rings. The summed E-state index contributed by atoms with van der Waals surface area (Å²) < 4.78 is 5.76. The maximum absolute atomic E-state index is 12.6. The first kappa shape index (κ1) is 19.1. The number of nitro groups is 1. The largest absolute Gasteiger partial charge is 0.489 e. The smallest absolute Gasteiger partial charge is 0.269 e. The van der Waals surface area contributed by atoms with Crippen LogP contribution in [0.1, 0.15) is 34.5 Å². The lowest BCUT2D eigenvalue weighted by Gasteiger charge is -2.15. The second-order valence-electron chi connectivity index (χ2n) is 6.35. The quantitative estimate of drug-likeness (QED) is 0.480. The van der Waals surface area contributed by atoms with Gasteiger partial charge in [0, 0.05) is 17.7 Å². The molecule has 3 rings (SSSR count). The van der Waals surface area contributed by atoms with Gasteiger partial charge in [-0.2, -0.15) is 0 Å². The Balaban J connectivity index is 1.65. The van der Waals surface area contributed by atoms with Gasteiger partial charge in [-0.1, -0.05) is 48.5 Å². The van der Waals surface area contributed by atoms with E-state index in [0.29, 0.717) is 23.5 Å². The molecule has 0 saturated carbocycles. The topological polar surface area (TPSA) is 81.5 Å². The Morgan fingerprint density at radius 3 is 2.54 bits per heavy atom. The van der Waals surface area contributed by atoms with Crippen LogP contribution in [0.3, 0.4) is 0 Å². The van der Waals surface area contributed by atoms with Gasteiger partial charge in [0.25, 0.3) is 11.6 Å². The third kappa shape index (κ3) is 4.94. The Morgan fingerprint density at radius 1 is 1.04 bits per heavy atom. The predicted molar refractivity (Wildman–Crippen MR) is 106 cm³/mol. The predicted octanol–water partition coefficient (Wildman–Crippen LogP) is 4.66. The molecule has 0 bridgehead atoms. The molecule has 1 atom stereocenters. The number of nitro benzene ring substituents is 1. The van der Waals surface area contributed by atoms with Gasteiger partial charge in [0.2, 0.25) is 0 Å². The Bertz CT molecular complexity index is 973. The van der Waals surface area contributed by atoms with E-state index in [1.165, 1.54) is 12.1 Å². The molecule has 0 heterocycles. The van der Waals surface area contributed by atoms with Crippen LogP contribution < -0.4 is 10.1 Å².